The molecule has 0 fully saturated rings. The second-order valence-electron chi connectivity index (χ2n) is 5.82. The standard InChI is InChI=1S/C21H18BrNO7/c1-28-20(26)14-9-15(21(27)29-2)11-17(10-14)23-18(24)12-30-19(25)8-5-13-3-6-16(22)7-4-13/h3-11H,12H2,1-2H3,(H,23,24)/b8-5+. The molecule has 0 saturated carbocycles. The van der Waals surface area contributed by atoms with E-state index in [1.165, 1.54) is 38.5 Å². The van der Waals surface area contributed by atoms with Crippen LogP contribution in [0.3, 0.4) is 0 Å². The molecule has 0 heterocycles. The summed E-state index contributed by atoms with van der Waals surface area (Å²) in [6.07, 6.45) is 2.75. The van der Waals surface area contributed by atoms with Crippen LogP contribution in [-0.2, 0) is 23.8 Å². The van der Waals surface area contributed by atoms with E-state index in [9.17, 15) is 19.2 Å². The predicted molar refractivity (Wildman–Crippen MR) is 112 cm³/mol. The van der Waals surface area contributed by atoms with Crippen molar-refractivity contribution in [2.75, 3.05) is 26.1 Å². The fourth-order valence-corrected chi connectivity index (χ4v) is 2.56. The summed E-state index contributed by atoms with van der Waals surface area (Å²) in [7, 11) is 2.37. The molecule has 2 aromatic carbocycles. The van der Waals surface area contributed by atoms with Crippen LogP contribution in [0.5, 0.6) is 0 Å². The monoisotopic (exact) mass is 475 g/mol. The number of rotatable bonds is 7. The van der Waals surface area contributed by atoms with Crippen molar-refractivity contribution in [2.45, 2.75) is 0 Å². The van der Waals surface area contributed by atoms with Crippen LogP contribution in [0.4, 0.5) is 5.69 Å². The maximum absolute atomic E-state index is 12.1. The molecule has 30 heavy (non-hydrogen) atoms. The van der Waals surface area contributed by atoms with Crippen molar-refractivity contribution in [2.24, 2.45) is 0 Å². The molecule has 2 aromatic rings. The summed E-state index contributed by atoms with van der Waals surface area (Å²) in [5, 5.41) is 2.46. The number of benzene rings is 2. The summed E-state index contributed by atoms with van der Waals surface area (Å²) in [6, 6.07) is 11.2. The molecule has 1 N–H and O–H groups in total. The third-order valence-corrected chi connectivity index (χ3v) is 4.22. The van der Waals surface area contributed by atoms with Crippen molar-refractivity contribution in [1.29, 1.82) is 0 Å². The lowest BCUT2D eigenvalue weighted by atomic mass is 10.1. The Hall–Kier alpha value is -3.46. The molecule has 0 aromatic heterocycles. The van der Waals surface area contributed by atoms with Crippen molar-refractivity contribution in [1.82, 2.24) is 0 Å². The zero-order chi connectivity index (χ0) is 22.1. The van der Waals surface area contributed by atoms with Gasteiger partial charge in [-0.1, -0.05) is 28.1 Å². The molecule has 0 aliphatic carbocycles. The number of carbonyl (C=O) groups is 4. The third kappa shape index (κ3) is 6.85. The van der Waals surface area contributed by atoms with Gasteiger partial charge < -0.3 is 19.5 Å². The Labute approximate surface area is 180 Å². The molecule has 8 nitrogen and oxygen atoms in total. The number of methoxy groups -OCH3 is 2. The van der Waals surface area contributed by atoms with Crippen LogP contribution in [0.1, 0.15) is 26.3 Å². The molecule has 0 aliphatic heterocycles. The van der Waals surface area contributed by atoms with Crippen LogP contribution in [-0.4, -0.2) is 44.6 Å². The van der Waals surface area contributed by atoms with Gasteiger partial charge in [0.15, 0.2) is 6.61 Å². The zero-order valence-electron chi connectivity index (χ0n) is 16.1. The van der Waals surface area contributed by atoms with E-state index < -0.39 is 30.4 Å². The van der Waals surface area contributed by atoms with Crippen molar-refractivity contribution in [3.63, 3.8) is 0 Å². The van der Waals surface area contributed by atoms with E-state index in [0.717, 1.165) is 10.0 Å². The van der Waals surface area contributed by atoms with E-state index in [-0.39, 0.29) is 16.8 Å². The number of carbonyl (C=O) groups excluding carboxylic acids is 4. The van der Waals surface area contributed by atoms with E-state index in [4.69, 9.17) is 4.74 Å². The van der Waals surface area contributed by atoms with Crippen LogP contribution < -0.4 is 5.32 Å². The lowest BCUT2D eigenvalue weighted by Gasteiger charge is -2.09. The summed E-state index contributed by atoms with van der Waals surface area (Å²) >= 11 is 3.31. The summed E-state index contributed by atoms with van der Waals surface area (Å²) in [4.78, 5) is 47.4. The first kappa shape index (κ1) is 22.8. The summed E-state index contributed by atoms with van der Waals surface area (Å²) in [6.45, 7) is -0.556. The van der Waals surface area contributed by atoms with Crippen LogP contribution in [0.25, 0.3) is 6.08 Å². The van der Waals surface area contributed by atoms with Gasteiger partial charge in [0.25, 0.3) is 5.91 Å². The van der Waals surface area contributed by atoms with Gasteiger partial charge in [-0.05, 0) is 42.0 Å². The van der Waals surface area contributed by atoms with E-state index in [2.05, 4.69) is 30.7 Å². The average molecular weight is 476 g/mol. The topological polar surface area (TPSA) is 108 Å². The normalized spacial score (nSPS) is 10.4. The molecule has 9 heteroatoms. The predicted octanol–water partition coefficient (Wildman–Crippen LogP) is 3.22. The van der Waals surface area contributed by atoms with Gasteiger partial charge in [0.05, 0.1) is 25.3 Å². The van der Waals surface area contributed by atoms with Gasteiger partial charge in [0, 0.05) is 16.2 Å². The SMILES string of the molecule is COC(=O)c1cc(NC(=O)COC(=O)/C=C/c2ccc(Br)cc2)cc(C(=O)OC)c1. The molecule has 0 bridgehead atoms. The van der Waals surface area contributed by atoms with E-state index in [1.54, 1.807) is 18.2 Å². The first-order chi connectivity index (χ1) is 14.3. The molecular weight excluding hydrogens is 458 g/mol. The molecule has 1 amide bonds. The van der Waals surface area contributed by atoms with Crippen molar-refractivity contribution < 1.29 is 33.4 Å². The number of amides is 1. The fourth-order valence-electron chi connectivity index (χ4n) is 2.29. The Morgan fingerprint density at radius 1 is 0.933 bits per heavy atom. The van der Waals surface area contributed by atoms with Gasteiger partial charge in [-0.25, -0.2) is 14.4 Å². The third-order valence-electron chi connectivity index (χ3n) is 3.69. The molecular formula is C21H18BrNO7. The van der Waals surface area contributed by atoms with Gasteiger partial charge in [-0.15, -0.1) is 0 Å². The summed E-state index contributed by atoms with van der Waals surface area (Å²) < 4.78 is 15.1. The van der Waals surface area contributed by atoms with E-state index >= 15 is 0 Å². The number of hydrogen-bond donors (Lipinski definition) is 1. The minimum Gasteiger partial charge on any atom is -0.465 e. The van der Waals surface area contributed by atoms with Gasteiger partial charge in [-0.3, -0.25) is 4.79 Å². The van der Waals surface area contributed by atoms with E-state index in [1.807, 2.05) is 12.1 Å². The number of esters is 3. The zero-order valence-corrected chi connectivity index (χ0v) is 17.7. The smallest absolute Gasteiger partial charge is 0.337 e. The van der Waals surface area contributed by atoms with Gasteiger partial charge in [-0.2, -0.15) is 0 Å². The number of hydrogen-bond acceptors (Lipinski definition) is 7. The van der Waals surface area contributed by atoms with Crippen LogP contribution in [0, 0.1) is 0 Å². The minimum absolute atomic E-state index is 0.0464. The number of anilines is 1. The second kappa shape index (κ2) is 10.9. The Kier molecular flexibility index (Phi) is 8.30. The highest BCUT2D eigenvalue weighted by molar-refractivity contribution is 9.10. The Morgan fingerprint density at radius 3 is 2.03 bits per heavy atom. The number of nitrogens with one attached hydrogen (secondary N) is 1. The molecule has 0 atom stereocenters. The van der Waals surface area contributed by atoms with Crippen molar-refractivity contribution in [3.05, 3.63) is 69.7 Å². The van der Waals surface area contributed by atoms with Gasteiger partial charge >= 0.3 is 17.9 Å². The first-order valence-corrected chi connectivity index (χ1v) is 9.33. The summed E-state index contributed by atoms with van der Waals surface area (Å²) in [5.74, 6) is -2.74. The lowest BCUT2D eigenvalue weighted by Crippen LogP contribution is -2.20. The number of ether oxygens (including phenoxy) is 3. The lowest BCUT2D eigenvalue weighted by molar-refractivity contribution is -0.142. The second-order valence-corrected chi connectivity index (χ2v) is 6.74. The van der Waals surface area contributed by atoms with Crippen molar-refractivity contribution in [3.8, 4) is 0 Å². The molecule has 0 saturated heterocycles. The molecule has 0 radical (unpaired) electrons. The van der Waals surface area contributed by atoms with Crippen molar-refractivity contribution >= 4 is 51.5 Å². The molecule has 0 spiro atoms. The number of halogens is 1. The van der Waals surface area contributed by atoms with Crippen LogP contribution >= 0.6 is 15.9 Å². The molecule has 2 rings (SSSR count). The largest absolute Gasteiger partial charge is 0.465 e. The molecule has 0 unspecified atom stereocenters. The maximum Gasteiger partial charge on any atom is 0.337 e. The van der Waals surface area contributed by atoms with Gasteiger partial charge in [0.1, 0.15) is 0 Å². The first-order valence-electron chi connectivity index (χ1n) is 8.54. The Balaban J connectivity index is 1.99. The fraction of sp³-hybridized carbons (Fsp3) is 0.143. The summed E-state index contributed by atoms with van der Waals surface area (Å²) in [5.41, 5.74) is 1.02. The molecule has 156 valence electrons. The highest BCUT2D eigenvalue weighted by Crippen LogP contribution is 2.17. The Bertz CT molecular complexity index is 949. The minimum atomic E-state index is -0.702. The maximum atomic E-state index is 12.1. The molecule has 0 aliphatic rings. The quantitative estimate of drug-likeness (QED) is 0.372. The average Bonchev–Trinajstić information content (AvgIpc) is 2.75. The van der Waals surface area contributed by atoms with E-state index in [0.29, 0.717) is 0 Å². The van der Waals surface area contributed by atoms with Crippen LogP contribution in [0.15, 0.2) is 53.0 Å². The Morgan fingerprint density at radius 2 is 1.50 bits per heavy atom. The highest BCUT2D eigenvalue weighted by Gasteiger charge is 2.15. The van der Waals surface area contributed by atoms with Gasteiger partial charge in [0.2, 0.25) is 0 Å². The van der Waals surface area contributed by atoms with Crippen LogP contribution in [0.2, 0.25) is 0 Å². The highest BCUT2D eigenvalue weighted by atomic mass is 79.9.